The zero-order valence-electron chi connectivity index (χ0n) is 14.0. The number of aryl methyl sites for hydroxylation is 1. The molecule has 1 aromatic rings. The lowest BCUT2D eigenvalue weighted by Crippen LogP contribution is -2.29. The van der Waals surface area contributed by atoms with Gasteiger partial charge >= 0.3 is 6.09 Å². The predicted octanol–water partition coefficient (Wildman–Crippen LogP) is 2.06. The van der Waals surface area contributed by atoms with Gasteiger partial charge in [0.1, 0.15) is 10.8 Å². The predicted molar refractivity (Wildman–Crippen MR) is 91.2 cm³/mol. The minimum Gasteiger partial charge on any atom is -0.443 e. The topological polar surface area (TPSA) is 103 Å². The van der Waals surface area contributed by atoms with E-state index in [2.05, 4.69) is 15.6 Å². The number of carbonyl (C=O) groups is 1. The summed E-state index contributed by atoms with van der Waals surface area (Å²) in [5.74, 6) is 0.164. The number of hydrogen-bond acceptors (Lipinski definition) is 6. The van der Waals surface area contributed by atoms with Gasteiger partial charge in [0.2, 0.25) is 0 Å². The molecule has 1 aliphatic heterocycles. The van der Waals surface area contributed by atoms with Gasteiger partial charge in [0, 0.05) is 0 Å². The van der Waals surface area contributed by atoms with Gasteiger partial charge in [0.25, 0.3) is 0 Å². The van der Waals surface area contributed by atoms with Gasteiger partial charge in [-0.25, -0.2) is 23.3 Å². The molecule has 0 bridgehead atoms. The van der Waals surface area contributed by atoms with Crippen LogP contribution >= 0.6 is 11.6 Å². The number of amides is 1. The molecule has 0 unspecified atom stereocenters. The molecule has 2 rings (SSSR count). The molecule has 134 valence electrons. The fourth-order valence-electron chi connectivity index (χ4n) is 2.34. The first-order valence-corrected chi connectivity index (χ1v) is 9.65. The van der Waals surface area contributed by atoms with E-state index in [1.165, 1.54) is 10.9 Å². The van der Waals surface area contributed by atoms with E-state index in [9.17, 15) is 13.2 Å². The van der Waals surface area contributed by atoms with Gasteiger partial charge in [0.05, 0.1) is 35.0 Å². The van der Waals surface area contributed by atoms with E-state index in [0.717, 1.165) is 0 Å². The van der Waals surface area contributed by atoms with Crippen LogP contribution in [-0.4, -0.2) is 47.6 Å². The number of rotatable bonds is 3. The molecule has 0 saturated carbocycles. The Morgan fingerprint density at radius 2 is 2.17 bits per heavy atom. The number of nitrogens with one attached hydrogen (secondary N) is 1. The maximum Gasteiger partial charge on any atom is 0.428 e. The van der Waals surface area contributed by atoms with E-state index >= 15 is 0 Å². The summed E-state index contributed by atoms with van der Waals surface area (Å²) in [7, 11) is -3.04. The number of sulfone groups is 1. The van der Waals surface area contributed by atoms with Crippen molar-refractivity contribution in [2.24, 2.45) is 5.10 Å². The Labute approximate surface area is 146 Å². The first kappa shape index (κ1) is 18.7. The molecule has 0 aromatic carbocycles. The van der Waals surface area contributed by atoms with Crippen molar-refractivity contribution in [2.45, 2.75) is 45.8 Å². The van der Waals surface area contributed by atoms with Crippen molar-refractivity contribution in [2.75, 3.05) is 11.5 Å². The van der Waals surface area contributed by atoms with Gasteiger partial charge in [-0.05, 0) is 34.1 Å². The van der Waals surface area contributed by atoms with Gasteiger partial charge < -0.3 is 4.74 Å². The summed E-state index contributed by atoms with van der Waals surface area (Å²) in [6, 6.07) is -0.276. The van der Waals surface area contributed by atoms with E-state index < -0.39 is 21.5 Å². The Kier molecular flexibility index (Phi) is 5.24. The van der Waals surface area contributed by atoms with Crippen LogP contribution in [0, 0.1) is 6.92 Å². The van der Waals surface area contributed by atoms with Crippen LogP contribution in [0.4, 0.5) is 4.79 Å². The van der Waals surface area contributed by atoms with E-state index in [1.54, 1.807) is 27.7 Å². The minimum absolute atomic E-state index is 0.0284. The third kappa shape index (κ3) is 4.70. The summed E-state index contributed by atoms with van der Waals surface area (Å²) in [4.78, 5) is 11.5. The molecule has 2 heterocycles. The molecule has 1 fully saturated rings. The summed E-state index contributed by atoms with van der Waals surface area (Å²) in [6.07, 6.45) is 1.17. The Morgan fingerprint density at radius 3 is 2.71 bits per heavy atom. The lowest BCUT2D eigenvalue weighted by atomic mass is 10.2. The standard InChI is InChI=1S/C14H21ClN4O4S/c1-9-11(7-16-17-13(20)23-14(2,3)4)12(15)19(18-9)10-5-6-24(21,22)8-10/h7,10H,5-6,8H2,1-4H3,(H,17,20)/b16-7-/t10-/m1/s1. The average Bonchev–Trinajstić information content (AvgIpc) is 2.90. The highest BCUT2D eigenvalue weighted by atomic mass is 35.5. The van der Waals surface area contributed by atoms with Gasteiger partial charge in [-0.2, -0.15) is 10.2 Å². The van der Waals surface area contributed by atoms with Crippen molar-refractivity contribution in [3.05, 3.63) is 16.4 Å². The zero-order chi connectivity index (χ0) is 18.1. The molecule has 24 heavy (non-hydrogen) atoms. The van der Waals surface area contributed by atoms with Crippen molar-refractivity contribution in [1.82, 2.24) is 15.2 Å². The number of carbonyl (C=O) groups excluding carboxylic acids is 1. The van der Waals surface area contributed by atoms with E-state index in [4.69, 9.17) is 16.3 Å². The Balaban J connectivity index is 2.09. The molecule has 1 amide bonds. The van der Waals surface area contributed by atoms with Gasteiger partial charge in [-0.15, -0.1) is 0 Å². The first-order valence-electron chi connectivity index (χ1n) is 7.45. The van der Waals surface area contributed by atoms with Crippen LogP contribution in [0.1, 0.15) is 44.5 Å². The quantitative estimate of drug-likeness (QED) is 0.642. The summed E-state index contributed by atoms with van der Waals surface area (Å²) in [6.45, 7) is 6.98. The Morgan fingerprint density at radius 1 is 1.50 bits per heavy atom. The molecule has 1 saturated heterocycles. The van der Waals surface area contributed by atoms with Gasteiger partial charge in [-0.1, -0.05) is 11.6 Å². The van der Waals surface area contributed by atoms with Crippen LogP contribution in [-0.2, 0) is 14.6 Å². The number of aromatic nitrogens is 2. The Bertz CT molecular complexity index is 764. The maximum absolute atomic E-state index is 11.6. The summed E-state index contributed by atoms with van der Waals surface area (Å²) < 4.78 is 29.8. The van der Waals surface area contributed by atoms with E-state index in [0.29, 0.717) is 22.8 Å². The van der Waals surface area contributed by atoms with Gasteiger partial charge in [-0.3, -0.25) is 0 Å². The van der Waals surface area contributed by atoms with Crippen LogP contribution in [0.3, 0.4) is 0 Å². The third-order valence-corrected chi connectivity index (χ3v) is 5.50. The largest absolute Gasteiger partial charge is 0.443 e. The zero-order valence-corrected chi connectivity index (χ0v) is 15.6. The molecular weight excluding hydrogens is 356 g/mol. The maximum atomic E-state index is 11.6. The second-order valence-electron chi connectivity index (χ2n) is 6.66. The number of halogens is 1. The van der Waals surface area contributed by atoms with Crippen molar-refractivity contribution < 1.29 is 17.9 Å². The molecule has 10 heteroatoms. The molecule has 1 N–H and O–H groups in total. The highest BCUT2D eigenvalue weighted by molar-refractivity contribution is 7.91. The highest BCUT2D eigenvalue weighted by Gasteiger charge is 2.31. The molecule has 8 nitrogen and oxygen atoms in total. The van der Waals surface area contributed by atoms with Crippen molar-refractivity contribution in [1.29, 1.82) is 0 Å². The van der Waals surface area contributed by atoms with Crippen LogP contribution < -0.4 is 5.43 Å². The molecule has 1 atom stereocenters. The van der Waals surface area contributed by atoms with Crippen molar-refractivity contribution in [3.8, 4) is 0 Å². The van der Waals surface area contributed by atoms with Crippen molar-refractivity contribution >= 4 is 33.7 Å². The second kappa shape index (κ2) is 6.72. The average molecular weight is 377 g/mol. The number of nitrogens with zero attached hydrogens (tertiary/aromatic N) is 3. The van der Waals surface area contributed by atoms with Crippen LogP contribution in [0.15, 0.2) is 5.10 Å². The summed E-state index contributed by atoms with van der Waals surface area (Å²) >= 11 is 6.30. The summed E-state index contributed by atoms with van der Waals surface area (Å²) in [5.41, 5.74) is 2.75. The monoisotopic (exact) mass is 376 g/mol. The molecule has 1 aliphatic rings. The van der Waals surface area contributed by atoms with Crippen LogP contribution in [0.2, 0.25) is 5.15 Å². The molecular formula is C14H21ClN4O4S. The minimum atomic E-state index is -3.04. The van der Waals surface area contributed by atoms with Gasteiger partial charge in [0.15, 0.2) is 9.84 Å². The smallest absolute Gasteiger partial charge is 0.428 e. The highest BCUT2D eigenvalue weighted by Crippen LogP contribution is 2.29. The molecule has 1 aromatic heterocycles. The van der Waals surface area contributed by atoms with Crippen molar-refractivity contribution in [3.63, 3.8) is 0 Å². The lowest BCUT2D eigenvalue weighted by Gasteiger charge is -2.18. The first-order chi connectivity index (χ1) is 11.0. The third-order valence-electron chi connectivity index (χ3n) is 3.37. The number of hydrogen-bond donors (Lipinski definition) is 1. The fourth-order valence-corrected chi connectivity index (χ4v) is 4.39. The molecule has 0 aliphatic carbocycles. The SMILES string of the molecule is Cc1nn([C@@H]2CCS(=O)(=O)C2)c(Cl)c1/C=N\NC(=O)OC(C)(C)C. The van der Waals surface area contributed by atoms with Crippen LogP contribution in [0.25, 0.3) is 0 Å². The second-order valence-corrected chi connectivity index (χ2v) is 9.25. The Hall–Kier alpha value is -1.61. The van der Waals surface area contributed by atoms with E-state index in [-0.39, 0.29) is 17.5 Å². The number of ether oxygens (including phenoxy) is 1. The fraction of sp³-hybridized carbons (Fsp3) is 0.643. The van der Waals surface area contributed by atoms with Crippen LogP contribution in [0.5, 0.6) is 0 Å². The summed E-state index contributed by atoms with van der Waals surface area (Å²) in [5, 5.41) is 8.41. The lowest BCUT2D eigenvalue weighted by molar-refractivity contribution is 0.0529. The molecule has 0 spiro atoms. The normalized spacial score (nSPS) is 20.5. The number of hydrazone groups is 1. The molecule has 0 radical (unpaired) electrons. The van der Waals surface area contributed by atoms with E-state index in [1.807, 2.05) is 0 Å².